The number of aryl methyl sites for hydroxylation is 1. The first kappa shape index (κ1) is 17.9. The van der Waals surface area contributed by atoms with Crippen LogP contribution in [0.3, 0.4) is 0 Å². The predicted molar refractivity (Wildman–Crippen MR) is 84.2 cm³/mol. The molecule has 0 amide bonds. The van der Waals surface area contributed by atoms with Gasteiger partial charge in [0.2, 0.25) is 0 Å². The molecule has 1 rings (SSSR count). The second-order valence-corrected chi connectivity index (χ2v) is 6.59. The van der Waals surface area contributed by atoms with Gasteiger partial charge < -0.3 is 9.53 Å². The third-order valence-electron chi connectivity index (χ3n) is 3.33. The second-order valence-electron chi connectivity index (χ2n) is 6.59. The summed E-state index contributed by atoms with van der Waals surface area (Å²) < 4.78 is 5.44. The molecule has 0 aliphatic rings. The highest BCUT2D eigenvalue weighted by molar-refractivity contribution is 5.88. The Hall–Kier alpha value is -2.15. The molecule has 1 aromatic carbocycles. The third kappa shape index (κ3) is 4.42. The van der Waals surface area contributed by atoms with Gasteiger partial charge in [0.15, 0.2) is 5.41 Å². The second kappa shape index (κ2) is 6.74. The molecule has 4 nitrogen and oxygen atoms in total. The van der Waals surface area contributed by atoms with E-state index in [0.29, 0.717) is 5.56 Å². The Labute approximate surface area is 132 Å². The monoisotopic (exact) mass is 301 g/mol. The molecule has 118 valence electrons. The van der Waals surface area contributed by atoms with Gasteiger partial charge in [-0.25, -0.2) is 4.79 Å². The zero-order chi connectivity index (χ0) is 17.0. The summed E-state index contributed by atoms with van der Waals surface area (Å²) in [5.41, 5.74) is -0.547. The van der Waals surface area contributed by atoms with Crippen molar-refractivity contribution in [3.63, 3.8) is 0 Å². The zero-order valence-electron chi connectivity index (χ0n) is 13.9. The van der Waals surface area contributed by atoms with Gasteiger partial charge in [0.1, 0.15) is 11.4 Å². The first-order chi connectivity index (χ1) is 10.1. The summed E-state index contributed by atoms with van der Waals surface area (Å²) in [6.45, 7) is 8.65. The molecule has 0 saturated heterocycles. The van der Waals surface area contributed by atoms with Gasteiger partial charge in [-0.2, -0.15) is 5.26 Å². The number of nitriles is 1. The summed E-state index contributed by atoms with van der Waals surface area (Å²) in [6, 6.07) is 9.30. The van der Waals surface area contributed by atoms with Crippen LogP contribution in [0.15, 0.2) is 24.3 Å². The van der Waals surface area contributed by atoms with Crippen LogP contribution in [0, 0.1) is 18.3 Å². The predicted octanol–water partition coefficient (Wildman–Crippen LogP) is 3.47. The largest absolute Gasteiger partial charge is 0.459 e. The van der Waals surface area contributed by atoms with E-state index >= 15 is 0 Å². The third-order valence-corrected chi connectivity index (χ3v) is 3.33. The normalized spacial score (nSPS) is 13.8. The van der Waals surface area contributed by atoms with Crippen LogP contribution in [0.1, 0.15) is 51.7 Å². The Morgan fingerprint density at radius 3 is 2.14 bits per heavy atom. The minimum atomic E-state index is -1.45. The number of benzene rings is 1. The fraction of sp³-hybridized carbons (Fsp3) is 0.500. The molecular formula is C18H23NO3. The number of rotatable bonds is 5. The smallest absolute Gasteiger partial charge is 0.331 e. The number of hydrogen-bond acceptors (Lipinski definition) is 4. The van der Waals surface area contributed by atoms with E-state index in [-0.39, 0.29) is 18.6 Å². The maximum atomic E-state index is 12.7. The highest BCUT2D eigenvalue weighted by atomic mass is 16.6. The van der Waals surface area contributed by atoms with Gasteiger partial charge in [-0.1, -0.05) is 29.8 Å². The van der Waals surface area contributed by atoms with Crippen LogP contribution >= 0.6 is 0 Å². The number of ether oxygens (including phenoxy) is 1. The molecule has 0 aliphatic carbocycles. The van der Waals surface area contributed by atoms with Gasteiger partial charge in [0.05, 0.1) is 6.07 Å². The zero-order valence-corrected chi connectivity index (χ0v) is 13.9. The lowest BCUT2D eigenvalue weighted by atomic mass is 9.77. The van der Waals surface area contributed by atoms with Gasteiger partial charge >= 0.3 is 5.97 Å². The summed E-state index contributed by atoms with van der Waals surface area (Å²) in [7, 11) is 0. The van der Waals surface area contributed by atoms with Crippen molar-refractivity contribution in [2.24, 2.45) is 0 Å². The number of ketones is 1. The minimum absolute atomic E-state index is 0.0599. The van der Waals surface area contributed by atoms with Crippen molar-refractivity contribution in [1.82, 2.24) is 0 Å². The lowest BCUT2D eigenvalue weighted by molar-refractivity contribution is -0.160. The lowest BCUT2D eigenvalue weighted by Crippen LogP contribution is -2.40. The quantitative estimate of drug-likeness (QED) is 0.781. The maximum absolute atomic E-state index is 12.7. The van der Waals surface area contributed by atoms with E-state index in [0.717, 1.165) is 5.56 Å². The van der Waals surface area contributed by atoms with Crippen LogP contribution in [0.25, 0.3) is 0 Å². The minimum Gasteiger partial charge on any atom is -0.459 e. The van der Waals surface area contributed by atoms with Crippen LogP contribution in [-0.2, 0) is 19.7 Å². The van der Waals surface area contributed by atoms with E-state index in [4.69, 9.17) is 4.74 Å². The molecule has 0 unspecified atom stereocenters. The molecule has 0 aromatic heterocycles. The molecule has 0 fully saturated rings. The molecule has 0 N–H and O–H groups in total. The average Bonchev–Trinajstić information content (AvgIpc) is 2.39. The Balaban J connectivity index is 3.29. The first-order valence-corrected chi connectivity index (χ1v) is 7.32. The SMILES string of the molecule is CC(=O)CC[C@@](C#N)(C(=O)OC(C)(C)C)c1ccc(C)cc1. The highest BCUT2D eigenvalue weighted by Gasteiger charge is 2.43. The van der Waals surface area contributed by atoms with E-state index in [9.17, 15) is 14.9 Å². The van der Waals surface area contributed by atoms with Crippen molar-refractivity contribution in [2.45, 2.75) is 58.5 Å². The standard InChI is InChI=1S/C18H23NO3/c1-13-6-8-15(9-7-13)18(12-19,11-10-14(2)20)16(21)22-17(3,4)5/h6-9H,10-11H2,1-5H3/t18-/m0/s1. The van der Waals surface area contributed by atoms with E-state index in [1.54, 1.807) is 32.9 Å². The molecule has 4 heteroatoms. The van der Waals surface area contributed by atoms with E-state index < -0.39 is 17.0 Å². The molecule has 1 atom stereocenters. The molecule has 0 bridgehead atoms. The van der Waals surface area contributed by atoms with Gasteiger partial charge in [0.25, 0.3) is 0 Å². The fourth-order valence-electron chi connectivity index (χ4n) is 2.10. The van der Waals surface area contributed by atoms with E-state index in [1.165, 1.54) is 6.92 Å². The number of Topliss-reactive ketones (excluding diaryl/α,β-unsaturated/α-hetero) is 1. The molecule has 0 saturated carbocycles. The molecule has 0 spiro atoms. The molecule has 0 aliphatic heterocycles. The van der Waals surface area contributed by atoms with Gasteiger partial charge in [-0.3, -0.25) is 0 Å². The first-order valence-electron chi connectivity index (χ1n) is 7.32. The van der Waals surface area contributed by atoms with Crippen molar-refractivity contribution in [3.8, 4) is 6.07 Å². The summed E-state index contributed by atoms with van der Waals surface area (Å²) in [5.74, 6) is -0.664. The fourth-order valence-corrected chi connectivity index (χ4v) is 2.10. The van der Waals surface area contributed by atoms with Crippen LogP contribution < -0.4 is 0 Å². The number of carbonyl (C=O) groups is 2. The number of nitrogens with zero attached hydrogens (tertiary/aromatic N) is 1. The molecular weight excluding hydrogens is 278 g/mol. The molecule has 22 heavy (non-hydrogen) atoms. The summed E-state index contributed by atoms with van der Waals surface area (Å²) in [6.07, 6.45) is 0.275. The molecule has 0 radical (unpaired) electrons. The number of carbonyl (C=O) groups excluding carboxylic acids is 2. The number of esters is 1. The maximum Gasteiger partial charge on any atom is 0.331 e. The van der Waals surface area contributed by atoms with Gasteiger partial charge in [-0.15, -0.1) is 0 Å². The lowest BCUT2D eigenvalue weighted by Gasteiger charge is -2.29. The van der Waals surface area contributed by atoms with Crippen molar-refractivity contribution >= 4 is 11.8 Å². The van der Waals surface area contributed by atoms with Gasteiger partial charge in [-0.05, 0) is 46.6 Å². The van der Waals surface area contributed by atoms with E-state index in [1.807, 2.05) is 19.1 Å². The van der Waals surface area contributed by atoms with Crippen LogP contribution in [0.5, 0.6) is 0 Å². The van der Waals surface area contributed by atoms with Crippen LogP contribution in [0.4, 0.5) is 0 Å². The Bertz CT molecular complexity index is 590. The van der Waals surface area contributed by atoms with E-state index in [2.05, 4.69) is 6.07 Å². The molecule has 1 aromatic rings. The average molecular weight is 301 g/mol. The van der Waals surface area contributed by atoms with Crippen molar-refractivity contribution in [3.05, 3.63) is 35.4 Å². The summed E-state index contributed by atoms with van der Waals surface area (Å²) >= 11 is 0. The van der Waals surface area contributed by atoms with Crippen molar-refractivity contribution in [1.29, 1.82) is 5.26 Å². The summed E-state index contributed by atoms with van der Waals surface area (Å²) in [4.78, 5) is 24.0. The Morgan fingerprint density at radius 1 is 1.18 bits per heavy atom. The van der Waals surface area contributed by atoms with Crippen LogP contribution in [-0.4, -0.2) is 17.4 Å². The topological polar surface area (TPSA) is 67.2 Å². The summed E-state index contributed by atoms with van der Waals surface area (Å²) in [5, 5.41) is 9.72. The highest BCUT2D eigenvalue weighted by Crippen LogP contribution is 2.32. The van der Waals surface area contributed by atoms with Crippen molar-refractivity contribution in [2.75, 3.05) is 0 Å². The Morgan fingerprint density at radius 2 is 1.73 bits per heavy atom. The van der Waals surface area contributed by atoms with Gasteiger partial charge in [0, 0.05) is 6.42 Å². The Kier molecular flexibility index (Phi) is 5.48. The number of hydrogen-bond donors (Lipinski definition) is 0. The van der Waals surface area contributed by atoms with Crippen molar-refractivity contribution < 1.29 is 14.3 Å². The molecule has 0 heterocycles. The van der Waals surface area contributed by atoms with Crippen LogP contribution in [0.2, 0.25) is 0 Å².